The van der Waals surface area contributed by atoms with Crippen LogP contribution in [0.3, 0.4) is 0 Å². The van der Waals surface area contributed by atoms with Gasteiger partial charge in [0.25, 0.3) is 0 Å². The van der Waals surface area contributed by atoms with Gasteiger partial charge in [0.1, 0.15) is 0 Å². The summed E-state index contributed by atoms with van der Waals surface area (Å²) in [6.07, 6.45) is 3.41. The number of carbonyl (C=O) groups is 1. The summed E-state index contributed by atoms with van der Waals surface area (Å²) in [5.74, 6) is 0.473. The van der Waals surface area contributed by atoms with Crippen LogP contribution in [-0.4, -0.2) is 49.7 Å². The number of hydrogen-bond donors (Lipinski definition) is 1. The lowest BCUT2D eigenvalue weighted by Crippen LogP contribution is -2.63. The third kappa shape index (κ3) is 2.79. The smallest absolute Gasteiger partial charge is 0.226 e. The highest BCUT2D eigenvalue weighted by Gasteiger charge is 2.52. The molecule has 19 heavy (non-hydrogen) atoms. The van der Waals surface area contributed by atoms with Gasteiger partial charge in [-0.3, -0.25) is 4.79 Å². The number of hydrogen-bond acceptors (Lipinski definition) is 3. The SMILES string of the molecule is CCO[C@@H]1C[C@H](N(C)C(=O)[C@@H]2CCCNC2)C1(C)C. The van der Waals surface area contributed by atoms with Gasteiger partial charge >= 0.3 is 0 Å². The fraction of sp³-hybridized carbons (Fsp3) is 0.933. The maximum Gasteiger partial charge on any atom is 0.226 e. The highest BCUT2D eigenvalue weighted by atomic mass is 16.5. The van der Waals surface area contributed by atoms with Crippen LogP contribution in [0.25, 0.3) is 0 Å². The quantitative estimate of drug-likeness (QED) is 0.843. The van der Waals surface area contributed by atoms with E-state index in [2.05, 4.69) is 19.2 Å². The molecule has 2 aliphatic rings. The molecule has 1 saturated heterocycles. The average Bonchev–Trinajstić information content (AvgIpc) is 2.42. The third-order valence-corrected chi connectivity index (χ3v) is 4.96. The van der Waals surface area contributed by atoms with E-state index in [1.165, 1.54) is 0 Å². The topological polar surface area (TPSA) is 41.6 Å². The van der Waals surface area contributed by atoms with E-state index in [0.29, 0.717) is 18.1 Å². The predicted molar refractivity (Wildman–Crippen MR) is 76.0 cm³/mol. The lowest BCUT2D eigenvalue weighted by atomic mass is 9.63. The first-order chi connectivity index (χ1) is 8.98. The summed E-state index contributed by atoms with van der Waals surface area (Å²) in [4.78, 5) is 14.5. The maximum absolute atomic E-state index is 12.5. The van der Waals surface area contributed by atoms with Gasteiger partial charge in [0, 0.05) is 31.7 Å². The molecule has 3 atom stereocenters. The minimum atomic E-state index is 0.0719. The van der Waals surface area contributed by atoms with Crippen molar-refractivity contribution < 1.29 is 9.53 Å². The molecule has 1 saturated carbocycles. The van der Waals surface area contributed by atoms with E-state index in [1.54, 1.807) is 0 Å². The Morgan fingerprint density at radius 3 is 2.74 bits per heavy atom. The molecule has 0 aromatic carbocycles. The molecule has 0 radical (unpaired) electrons. The summed E-state index contributed by atoms with van der Waals surface area (Å²) in [6.45, 7) is 9.10. The fourth-order valence-corrected chi connectivity index (χ4v) is 3.51. The van der Waals surface area contributed by atoms with Gasteiger partial charge in [-0.25, -0.2) is 0 Å². The van der Waals surface area contributed by atoms with Gasteiger partial charge in [0.2, 0.25) is 5.91 Å². The van der Waals surface area contributed by atoms with E-state index in [-0.39, 0.29) is 11.3 Å². The van der Waals surface area contributed by atoms with Crippen molar-refractivity contribution in [3.63, 3.8) is 0 Å². The van der Waals surface area contributed by atoms with Crippen LogP contribution in [0.4, 0.5) is 0 Å². The van der Waals surface area contributed by atoms with Crippen LogP contribution in [0.1, 0.15) is 40.0 Å². The van der Waals surface area contributed by atoms with Gasteiger partial charge in [-0.15, -0.1) is 0 Å². The Kier molecular flexibility index (Phi) is 4.51. The van der Waals surface area contributed by atoms with E-state index in [4.69, 9.17) is 4.74 Å². The molecule has 4 heteroatoms. The van der Waals surface area contributed by atoms with Crippen molar-refractivity contribution in [2.75, 3.05) is 26.7 Å². The zero-order chi connectivity index (χ0) is 14.0. The third-order valence-electron chi connectivity index (χ3n) is 4.96. The van der Waals surface area contributed by atoms with E-state index < -0.39 is 0 Å². The minimum Gasteiger partial charge on any atom is -0.378 e. The van der Waals surface area contributed by atoms with Gasteiger partial charge < -0.3 is 15.0 Å². The largest absolute Gasteiger partial charge is 0.378 e. The van der Waals surface area contributed by atoms with Gasteiger partial charge in [0.05, 0.1) is 12.0 Å². The van der Waals surface area contributed by atoms with Crippen molar-refractivity contribution in [3.05, 3.63) is 0 Å². The van der Waals surface area contributed by atoms with Crippen molar-refractivity contribution in [2.24, 2.45) is 11.3 Å². The maximum atomic E-state index is 12.5. The predicted octanol–water partition coefficient (Wildman–Crippen LogP) is 1.65. The molecule has 110 valence electrons. The number of nitrogens with zero attached hydrogens (tertiary/aromatic N) is 1. The van der Waals surface area contributed by atoms with Crippen LogP contribution in [0, 0.1) is 11.3 Å². The van der Waals surface area contributed by atoms with Crippen LogP contribution >= 0.6 is 0 Å². The molecule has 4 nitrogen and oxygen atoms in total. The molecule has 1 heterocycles. The van der Waals surface area contributed by atoms with E-state index in [9.17, 15) is 4.79 Å². The first-order valence-electron chi connectivity index (χ1n) is 7.57. The first-order valence-corrected chi connectivity index (χ1v) is 7.57. The van der Waals surface area contributed by atoms with Crippen molar-refractivity contribution in [1.82, 2.24) is 10.2 Å². The Morgan fingerprint density at radius 2 is 2.21 bits per heavy atom. The molecule has 0 unspecified atom stereocenters. The van der Waals surface area contributed by atoms with Crippen molar-refractivity contribution >= 4 is 5.91 Å². The van der Waals surface area contributed by atoms with Crippen LogP contribution in [0.2, 0.25) is 0 Å². The second-order valence-corrected chi connectivity index (χ2v) is 6.51. The van der Waals surface area contributed by atoms with Crippen LogP contribution in [0.15, 0.2) is 0 Å². The molecule has 1 amide bonds. The zero-order valence-electron chi connectivity index (χ0n) is 12.7. The second kappa shape index (κ2) is 5.80. The Labute approximate surface area is 116 Å². The first kappa shape index (κ1) is 14.8. The average molecular weight is 268 g/mol. The Morgan fingerprint density at radius 1 is 1.47 bits per heavy atom. The summed E-state index contributed by atoms with van der Waals surface area (Å²) >= 11 is 0. The molecule has 0 aromatic rings. The lowest BCUT2D eigenvalue weighted by molar-refractivity contribution is -0.166. The van der Waals surface area contributed by atoms with Crippen LogP contribution in [0.5, 0.6) is 0 Å². The fourth-order valence-electron chi connectivity index (χ4n) is 3.51. The normalized spacial score (nSPS) is 33.6. The van der Waals surface area contributed by atoms with Crippen LogP contribution in [-0.2, 0) is 9.53 Å². The molecule has 1 aliphatic heterocycles. The highest BCUT2D eigenvalue weighted by molar-refractivity contribution is 5.79. The van der Waals surface area contributed by atoms with E-state index in [1.807, 2.05) is 18.9 Å². The Hall–Kier alpha value is -0.610. The summed E-state index contributed by atoms with van der Waals surface area (Å²) in [5.41, 5.74) is 0.0719. The molecule has 1 aliphatic carbocycles. The summed E-state index contributed by atoms with van der Waals surface area (Å²) in [7, 11) is 1.96. The molecule has 1 N–H and O–H groups in total. The monoisotopic (exact) mass is 268 g/mol. The molecule has 0 spiro atoms. The number of amides is 1. The molecular weight excluding hydrogens is 240 g/mol. The molecule has 2 fully saturated rings. The molecular formula is C15H28N2O2. The molecule has 2 rings (SSSR count). The van der Waals surface area contributed by atoms with E-state index >= 15 is 0 Å². The van der Waals surface area contributed by atoms with Crippen molar-refractivity contribution in [3.8, 4) is 0 Å². The van der Waals surface area contributed by atoms with Gasteiger partial charge in [0.15, 0.2) is 0 Å². The zero-order valence-corrected chi connectivity index (χ0v) is 12.7. The summed E-state index contributed by atoms with van der Waals surface area (Å²) in [6, 6.07) is 0.318. The minimum absolute atomic E-state index is 0.0719. The van der Waals surface area contributed by atoms with E-state index in [0.717, 1.165) is 39.0 Å². The lowest BCUT2D eigenvalue weighted by Gasteiger charge is -2.55. The highest BCUT2D eigenvalue weighted by Crippen LogP contribution is 2.45. The van der Waals surface area contributed by atoms with Gasteiger partial charge in [-0.2, -0.15) is 0 Å². The molecule has 0 aromatic heterocycles. The number of nitrogens with one attached hydrogen (secondary N) is 1. The number of ether oxygens (including phenoxy) is 1. The Bertz CT molecular complexity index is 324. The Balaban J connectivity index is 1.93. The standard InChI is InChI=1S/C15H28N2O2/c1-5-19-13-9-12(15(13,2)3)17(4)14(18)11-7-6-8-16-10-11/h11-13,16H,5-10H2,1-4H3/t11-,12+,13-/m1/s1. The second-order valence-electron chi connectivity index (χ2n) is 6.51. The van der Waals surface area contributed by atoms with Gasteiger partial charge in [-0.1, -0.05) is 13.8 Å². The van der Waals surface area contributed by atoms with Crippen LogP contribution < -0.4 is 5.32 Å². The summed E-state index contributed by atoms with van der Waals surface area (Å²) < 4.78 is 5.75. The van der Waals surface area contributed by atoms with Gasteiger partial charge in [-0.05, 0) is 32.7 Å². The van der Waals surface area contributed by atoms with Crippen molar-refractivity contribution in [1.29, 1.82) is 0 Å². The number of rotatable bonds is 4. The molecule has 0 bridgehead atoms. The van der Waals surface area contributed by atoms with Crippen molar-refractivity contribution in [2.45, 2.75) is 52.2 Å². The summed E-state index contributed by atoms with van der Waals surface area (Å²) in [5, 5.41) is 3.32. The number of piperidine rings is 1. The number of carbonyl (C=O) groups excluding carboxylic acids is 1.